The molecule has 2 rings (SSSR count). The summed E-state index contributed by atoms with van der Waals surface area (Å²) in [5.74, 6) is -0.218. The Balaban J connectivity index is 2.36. The quantitative estimate of drug-likeness (QED) is 0.673. The van der Waals surface area contributed by atoms with Gasteiger partial charge in [0.1, 0.15) is 17.8 Å². The van der Waals surface area contributed by atoms with Gasteiger partial charge < -0.3 is 10.1 Å². The molecule has 2 aromatic rings. The van der Waals surface area contributed by atoms with Crippen molar-refractivity contribution >= 4 is 11.6 Å². The van der Waals surface area contributed by atoms with Crippen LogP contribution in [0, 0.1) is 15.9 Å². The predicted molar refractivity (Wildman–Crippen MR) is 64.7 cm³/mol. The first kappa shape index (κ1) is 12.7. The van der Waals surface area contributed by atoms with Crippen molar-refractivity contribution in [2.24, 2.45) is 0 Å². The van der Waals surface area contributed by atoms with Crippen LogP contribution in [0.4, 0.5) is 16.0 Å². The summed E-state index contributed by atoms with van der Waals surface area (Å²) in [6, 6.07) is 5.06. The highest BCUT2D eigenvalue weighted by Gasteiger charge is 2.19. The van der Waals surface area contributed by atoms with Crippen LogP contribution in [0.15, 0.2) is 30.5 Å². The van der Waals surface area contributed by atoms with Gasteiger partial charge in [-0.2, -0.15) is 4.98 Å². The molecule has 1 heterocycles. The number of nitrogens with zero attached hydrogens (tertiary/aromatic N) is 3. The lowest BCUT2D eigenvalue weighted by molar-refractivity contribution is -0.386. The number of nitrogens with one attached hydrogen (secondary N) is 1. The zero-order chi connectivity index (χ0) is 13.8. The lowest BCUT2D eigenvalue weighted by Crippen LogP contribution is -2.01. The van der Waals surface area contributed by atoms with E-state index in [0.29, 0.717) is 0 Å². The number of ether oxygens (including phenoxy) is 1. The van der Waals surface area contributed by atoms with E-state index in [1.807, 2.05) is 0 Å². The molecule has 8 heteroatoms. The Bertz CT molecular complexity index is 603. The Labute approximate surface area is 107 Å². The SMILES string of the molecule is CNc1ncc([N+](=O)[O-])c(Oc2ccc(F)cc2)n1. The summed E-state index contributed by atoms with van der Waals surface area (Å²) in [7, 11) is 1.57. The third-order valence-electron chi connectivity index (χ3n) is 2.18. The van der Waals surface area contributed by atoms with Gasteiger partial charge in [-0.1, -0.05) is 0 Å². The van der Waals surface area contributed by atoms with Gasteiger partial charge in [0.25, 0.3) is 0 Å². The maximum absolute atomic E-state index is 12.8. The van der Waals surface area contributed by atoms with E-state index in [-0.39, 0.29) is 23.3 Å². The molecule has 0 bridgehead atoms. The molecule has 0 unspecified atom stereocenters. The largest absolute Gasteiger partial charge is 0.434 e. The molecule has 0 saturated heterocycles. The highest BCUT2D eigenvalue weighted by molar-refractivity contribution is 5.45. The van der Waals surface area contributed by atoms with Gasteiger partial charge in [0, 0.05) is 7.05 Å². The Morgan fingerprint density at radius 2 is 2.05 bits per heavy atom. The molecule has 0 aliphatic heterocycles. The highest BCUT2D eigenvalue weighted by Crippen LogP contribution is 2.29. The second-order valence-electron chi connectivity index (χ2n) is 3.45. The van der Waals surface area contributed by atoms with E-state index in [4.69, 9.17) is 4.74 Å². The Morgan fingerprint density at radius 3 is 2.63 bits per heavy atom. The lowest BCUT2D eigenvalue weighted by Gasteiger charge is -2.06. The topological polar surface area (TPSA) is 90.2 Å². The second kappa shape index (κ2) is 5.25. The molecular formula is C11H9FN4O3. The van der Waals surface area contributed by atoms with Crippen molar-refractivity contribution in [1.29, 1.82) is 0 Å². The number of halogens is 1. The number of benzene rings is 1. The summed E-state index contributed by atoms with van der Waals surface area (Å²) < 4.78 is 18.0. The van der Waals surface area contributed by atoms with Crippen LogP contribution in [-0.2, 0) is 0 Å². The van der Waals surface area contributed by atoms with E-state index in [1.165, 1.54) is 24.3 Å². The number of anilines is 1. The minimum Gasteiger partial charge on any atom is -0.434 e. The summed E-state index contributed by atoms with van der Waals surface area (Å²) in [5, 5.41) is 13.5. The zero-order valence-corrected chi connectivity index (χ0v) is 9.83. The third kappa shape index (κ3) is 2.92. The van der Waals surface area contributed by atoms with Gasteiger partial charge in [-0.15, -0.1) is 0 Å². The molecule has 0 aliphatic rings. The lowest BCUT2D eigenvalue weighted by atomic mass is 10.3. The first-order chi connectivity index (χ1) is 9.10. The molecule has 19 heavy (non-hydrogen) atoms. The highest BCUT2D eigenvalue weighted by atomic mass is 19.1. The Hall–Kier alpha value is -2.77. The molecule has 98 valence electrons. The molecule has 1 aromatic carbocycles. The van der Waals surface area contributed by atoms with E-state index in [1.54, 1.807) is 7.05 Å². The summed E-state index contributed by atoms with van der Waals surface area (Å²) in [5.41, 5.74) is -0.372. The Morgan fingerprint density at radius 1 is 1.37 bits per heavy atom. The van der Waals surface area contributed by atoms with Crippen molar-refractivity contribution < 1.29 is 14.1 Å². The van der Waals surface area contributed by atoms with Crippen LogP contribution in [0.2, 0.25) is 0 Å². The van der Waals surface area contributed by atoms with Crippen LogP contribution >= 0.6 is 0 Å². The summed E-state index contributed by atoms with van der Waals surface area (Å²) >= 11 is 0. The average Bonchev–Trinajstić information content (AvgIpc) is 2.41. The van der Waals surface area contributed by atoms with E-state index < -0.39 is 10.7 Å². The first-order valence-corrected chi connectivity index (χ1v) is 5.23. The van der Waals surface area contributed by atoms with Gasteiger partial charge in [-0.25, -0.2) is 9.37 Å². The van der Waals surface area contributed by atoms with Crippen LogP contribution in [-0.4, -0.2) is 21.9 Å². The van der Waals surface area contributed by atoms with E-state index in [9.17, 15) is 14.5 Å². The maximum Gasteiger partial charge on any atom is 0.349 e. The van der Waals surface area contributed by atoms with Crippen LogP contribution in [0.1, 0.15) is 0 Å². The predicted octanol–water partition coefficient (Wildman–Crippen LogP) is 2.36. The first-order valence-electron chi connectivity index (χ1n) is 5.23. The normalized spacial score (nSPS) is 10.0. The minimum atomic E-state index is -0.654. The Kier molecular flexibility index (Phi) is 3.51. The van der Waals surface area contributed by atoms with Crippen LogP contribution in [0.3, 0.4) is 0 Å². The standard InChI is InChI=1S/C11H9FN4O3/c1-13-11-14-6-9(16(17)18)10(15-11)19-8-4-2-7(12)3-5-8/h2-6H,1H3,(H,13,14,15). The van der Waals surface area contributed by atoms with Gasteiger partial charge in [0.2, 0.25) is 5.95 Å². The maximum atomic E-state index is 12.8. The molecule has 0 atom stereocenters. The van der Waals surface area contributed by atoms with Crippen LogP contribution < -0.4 is 10.1 Å². The van der Waals surface area contributed by atoms with Crippen molar-refractivity contribution in [3.8, 4) is 11.6 Å². The van der Waals surface area contributed by atoms with Crippen molar-refractivity contribution in [3.63, 3.8) is 0 Å². The molecule has 1 N–H and O–H groups in total. The molecule has 0 amide bonds. The number of hydrogen-bond acceptors (Lipinski definition) is 6. The van der Waals surface area contributed by atoms with Gasteiger partial charge in [-0.3, -0.25) is 10.1 Å². The van der Waals surface area contributed by atoms with Crippen LogP contribution in [0.5, 0.6) is 11.6 Å². The average molecular weight is 264 g/mol. The van der Waals surface area contributed by atoms with E-state index >= 15 is 0 Å². The number of rotatable bonds is 4. The monoisotopic (exact) mass is 264 g/mol. The molecular weight excluding hydrogens is 255 g/mol. The van der Waals surface area contributed by atoms with E-state index in [0.717, 1.165) is 6.20 Å². The fraction of sp³-hybridized carbons (Fsp3) is 0.0909. The fourth-order valence-corrected chi connectivity index (χ4v) is 1.29. The fourth-order valence-electron chi connectivity index (χ4n) is 1.29. The van der Waals surface area contributed by atoms with Crippen LogP contribution in [0.25, 0.3) is 0 Å². The molecule has 7 nitrogen and oxygen atoms in total. The van der Waals surface area contributed by atoms with Gasteiger partial charge in [0.05, 0.1) is 4.92 Å². The number of hydrogen-bond donors (Lipinski definition) is 1. The molecule has 0 spiro atoms. The van der Waals surface area contributed by atoms with Crippen molar-refractivity contribution in [2.75, 3.05) is 12.4 Å². The zero-order valence-electron chi connectivity index (χ0n) is 9.83. The van der Waals surface area contributed by atoms with Crippen molar-refractivity contribution in [2.45, 2.75) is 0 Å². The third-order valence-corrected chi connectivity index (χ3v) is 2.18. The summed E-state index contributed by atoms with van der Waals surface area (Å²) in [6.07, 6.45) is 1.04. The molecule has 0 radical (unpaired) electrons. The second-order valence-corrected chi connectivity index (χ2v) is 3.45. The number of nitro groups is 1. The molecule has 0 saturated carbocycles. The van der Waals surface area contributed by atoms with Gasteiger partial charge >= 0.3 is 11.6 Å². The van der Waals surface area contributed by atoms with Crippen molar-refractivity contribution in [1.82, 2.24) is 9.97 Å². The molecule has 0 aliphatic carbocycles. The van der Waals surface area contributed by atoms with Gasteiger partial charge in [-0.05, 0) is 24.3 Å². The van der Waals surface area contributed by atoms with E-state index in [2.05, 4.69) is 15.3 Å². The smallest absolute Gasteiger partial charge is 0.349 e. The summed E-state index contributed by atoms with van der Waals surface area (Å²) in [6.45, 7) is 0. The van der Waals surface area contributed by atoms with Crippen molar-refractivity contribution in [3.05, 3.63) is 46.4 Å². The molecule has 0 fully saturated rings. The summed E-state index contributed by atoms with van der Waals surface area (Å²) in [4.78, 5) is 17.8. The minimum absolute atomic E-state index is 0.183. The van der Waals surface area contributed by atoms with Gasteiger partial charge in [0.15, 0.2) is 0 Å². The number of aromatic nitrogens is 2. The molecule has 1 aromatic heterocycles.